The Morgan fingerprint density at radius 3 is 2.44 bits per heavy atom. The molecule has 0 atom stereocenters. The Hall–Kier alpha value is -2.42. The molecule has 3 N–H and O–H groups in total. The fourth-order valence-corrected chi connectivity index (χ4v) is 3.29. The summed E-state index contributed by atoms with van der Waals surface area (Å²) < 4.78 is 40.4. The number of nitrogens with zero attached hydrogens (tertiary/aromatic N) is 1. The Bertz CT molecular complexity index is 806. The quantitative estimate of drug-likeness (QED) is 0.817. The minimum absolute atomic E-state index is 0.0522. The summed E-state index contributed by atoms with van der Waals surface area (Å²) in [6, 6.07) is 6.96. The smallest absolute Gasteiger partial charge is 0.476 e. The number of nitrogen functional groups attached to an aromatic ring is 1. The number of rotatable bonds is 5. The molecule has 0 aliphatic heterocycles. The van der Waals surface area contributed by atoms with Gasteiger partial charge in [-0.05, 0) is 43.2 Å². The maximum absolute atomic E-state index is 12.2. The molecule has 2 aromatic rings. The van der Waals surface area contributed by atoms with E-state index in [1.54, 1.807) is 6.07 Å². The van der Waals surface area contributed by atoms with Crippen LogP contribution in [0.1, 0.15) is 34.9 Å². The third-order valence-corrected chi connectivity index (χ3v) is 4.55. The van der Waals surface area contributed by atoms with Crippen LogP contribution in [0.15, 0.2) is 40.1 Å². The predicted octanol–water partition coefficient (Wildman–Crippen LogP) is 4.29. The van der Waals surface area contributed by atoms with Gasteiger partial charge < -0.3 is 15.6 Å². The van der Waals surface area contributed by atoms with Crippen LogP contribution in [0.4, 0.5) is 18.9 Å². The highest BCUT2D eigenvalue weighted by Crippen LogP contribution is 2.45. The number of ether oxygens (including phenoxy) is 1. The Balaban J connectivity index is 1.85. The highest BCUT2D eigenvalue weighted by atomic mass is 32.2. The number of benzene rings is 1. The molecular weight excluding hydrogens is 357 g/mol. The zero-order valence-corrected chi connectivity index (χ0v) is 13.5. The standard InChI is InChI=1S/C16H13F3N2O3S/c17-16(18,19)24-9-3-5-10(6-4-9)25-12-7-11(20)14(15(22)23)21-13(12)8-1-2-8/h3-8H,1-2,20H2,(H,22,23). The van der Waals surface area contributed by atoms with Crippen molar-refractivity contribution in [2.75, 3.05) is 5.73 Å². The first-order valence-corrected chi connectivity index (χ1v) is 8.12. The van der Waals surface area contributed by atoms with Gasteiger partial charge in [-0.15, -0.1) is 13.2 Å². The Morgan fingerprint density at radius 2 is 1.92 bits per heavy atom. The van der Waals surface area contributed by atoms with Gasteiger partial charge in [0.25, 0.3) is 0 Å². The first-order chi connectivity index (χ1) is 11.7. The zero-order chi connectivity index (χ0) is 18.2. The number of hydrogen-bond acceptors (Lipinski definition) is 5. The molecule has 1 saturated carbocycles. The molecule has 1 heterocycles. The summed E-state index contributed by atoms with van der Waals surface area (Å²) in [7, 11) is 0. The molecule has 5 nitrogen and oxygen atoms in total. The van der Waals surface area contributed by atoms with Crippen molar-refractivity contribution in [1.29, 1.82) is 0 Å². The van der Waals surface area contributed by atoms with E-state index in [-0.39, 0.29) is 23.0 Å². The first kappa shape index (κ1) is 17.4. The maximum Gasteiger partial charge on any atom is 0.573 e. The van der Waals surface area contributed by atoms with E-state index in [9.17, 15) is 18.0 Å². The van der Waals surface area contributed by atoms with Gasteiger partial charge >= 0.3 is 12.3 Å². The van der Waals surface area contributed by atoms with Gasteiger partial charge in [0.05, 0.1) is 11.4 Å². The van der Waals surface area contributed by atoms with E-state index in [2.05, 4.69) is 9.72 Å². The van der Waals surface area contributed by atoms with E-state index >= 15 is 0 Å². The molecule has 0 amide bonds. The molecular formula is C16H13F3N2O3S. The molecule has 132 valence electrons. The van der Waals surface area contributed by atoms with E-state index < -0.39 is 12.3 Å². The number of anilines is 1. The largest absolute Gasteiger partial charge is 0.573 e. The van der Waals surface area contributed by atoms with Gasteiger partial charge in [-0.25, -0.2) is 9.78 Å². The maximum atomic E-state index is 12.2. The summed E-state index contributed by atoms with van der Waals surface area (Å²) in [5.74, 6) is -1.31. The predicted molar refractivity (Wildman–Crippen MR) is 84.8 cm³/mol. The second kappa shape index (κ2) is 6.47. The normalized spacial score (nSPS) is 14.4. The van der Waals surface area contributed by atoms with Crippen molar-refractivity contribution < 1.29 is 27.8 Å². The molecule has 1 aromatic carbocycles. The number of halogens is 3. The summed E-state index contributed by atoms with van der Waals surface area (Å²) in [6.45, 7) is 0. The van der Waals surface area contributed by atoms with E-state index in [1.165, 1.54) is 36.0 Å². The molecule has 0 unspecified atom stereocenters. The third-order valence-electron chi connectivity index (χ3n) is 3.50. The van der Waals surface area contributed by atoms with Gasteiger partial charge in [0.1, 0.15) is 5.75 Å². The monoisotopic (exact) mass is 370 g/mol. The molecule has 0 saturated heterocycles. The van der Waals surface area contributed by atoms with Crippen molar-refractivity contribution in [1.82, 2.24) is 4.98 Å². The number of pyridine rings is 1. The number of carbonyl (C=O) groups is 1. The van der Waals surface area contributed by atoms with Gasteiger partial charge in [-0.1, -0.05) is 11.8 Å². The van der Waals surface area contributed by atoms with Crippen LogP contribution in [0.3, 0.4) is 0 Å². The Labute approximate surface area is 145 Å². The topological polar surface area (TPSA) is 85.4 Å². The highest BCUT2D eigenvalue weighted by molar-refractivity contribution is 7.99. The van der Waals surface area contributed by atoms with Crippen molar-refractivity contribution in [3.63, 3.8) is 0 Å². The van der Waals surface area contributed by atoms with Crippen LogP contribution in [-0.2, 0) is 0 Å². The molecule has 3 rings (SSSR count). The average Bonchev–Trinajstić information content (AvgIpc) is 3.32. The first-order valence-electron chi connectivity index (χ1n) is 7.30. The molecule has 9 heteroatoms. The molecule has 25 heavy (non-hydrogen) atoms. The van der Waals surface area contributed by atoms with Crippen LogP contribution in [0, 0.1) is 0 Å². The molecule has 0 bridgehead atoms. The average molecular weight is 370 g/mol. The number of carboxylic acid groups (broad SMARTS) is 1. The van der Waals surface area contributed by atoms with Crippen LogP contribution in [0.25, 0.3) is 0 Å². The summed E-state index contributed by atoms with van der Waals surface area (Å²) in [5.41, 5.74) is 6.29. The molecule has 0 radical (unpaired) electrons. The number of hydrogen-bond donors (Lipinski definition) is 2. The van der Waals surface area contributed by atoms with Gasteiger partial charge in [0.2, 0.25) is 0 Å². The minimum atomic E-state index is -4.74. The van der Waals surface area contributed by atoms with Crippen molar-refractivity contribution in [3.05, 3.63) is 41.7 Å². The second-order valence-corrected chi connectivity index (χ2v) is 6.63. The van der Waals surface area contributed by atoms with Crippen molar-refractivity contribution >= 4 is 23.4 Å². The molecule has 0 spiro atoms. The lowest BCUT2D eigenvalue weighted by molar-refractivity contribution is -0.274. The van der Waals surface area contributed by atoms with Crippen molar-refractivity contribution in [2.45, 2.75) is 34.9 Å². The van der Waals surface area contributed by atoms with Crippen LogP contribution >= 0.6 is 11.8 Å². The zero-order valence-electron chi connectivity index (χ0n) is 12.7. The third kappa shape index (κ3) is 4.36. The van der Waals surface area contributed by atoms with Crippen LogP contribution in [0.2, 0.25) is 0 Å². The van der Waals surface area contributed by atoms with Gasteiger partial charge in [-0.2, -0.15) is 0 Å². The molecule has 1 aromatic heterocycles. The lowest BCUT2D eigenvalue weighted by atomic mass is 10.2. The molecule has 1 fully saturated rings. The summed E-state index contributed by atoms with van der Waals surface area (Å²) in [6.07, 6.45) is -2.90. The van der Waals surface area contributed by atoms with Gasteiger partial charge in [0.15, 0.2) is 5.69 Å². The number of aromatic nitrogens is 1. The fraction of sp³-hybridized carbons (Fsp3) is 0.250. The summed E-state index contributed by atoms with van der Waals surface area (Å²) in [4.78, 5) is 16.7. The SMILES string of the molecule is Nc1cc(Sc2ccc(OC(F)(F)F)cc2)c(C2CC2)nc1C(=O)O. The lowest BCUT2D eigenvalue weighted by Crippen LogP contribution is -2.16. The summed E-state index contributed by atoms with van der Waals surface area (Å²) >= 11 is 1.27. The van der Waals surface area contributed by atoms with E-state index in [0.29, 0.717) is 15.5 Å². The van der Waals surface area contributed by atoms with Crippen LogP contribution < -0.4 is 10.5 Å². The van der Waals surface area contributed by atoms with E-state index in [0.717, 1.165) is 12.8 Å². The van der Waals surface area contributed by atoms with Gasteiger partial charge in [0, 0.05) is 15.7 Å². The molecule has 1 aliphatic rings. The highest BCUT2D eigenvalue weighted by Gasteiger charge is 2.31. The summed E-state index contributed by atoms with van der Waals surface area (Å²) in [5, 5.41) is 9.14. The van der Waals surface area contributed by atoms with E-state index in [1.807, 2.05) is 0 Å². The minimum Gasteiger partial charge on any atom is -0.476 e. The Morgan fingerprint density at radius 1 is 1.28 bits per heavy atom. The lowest BCUT2D eigenvalue weighted by Gasteiger charge is -2.12. The van der Waals surface area contributed by atoms with Crippen LogP contribution in [0.5, 0.6) is 5.75 Å². The van der Waals surface area contributed by atoms with Crippen molar-refractivity contribution in [2.24, 2.45) is 0 Å². The number of aromatic carboxylic acids is 1. The number of alkyl halides is 3. The number of nitrogens with two attached hydrogens (primary N) is 1. The van der Waals surface area contributed by atoms with Gasteiger partial charge in [-0.3, -0.25) is 0 Å². The van der Waals surface area contributed by atoms with Crippen LogP contribution in [-0.4, -0.2) is 22.4 Å². The van der Waals surface area contributed by atoms with Crippen molar-refractivity contribution in [3.8, 4) is 5.75 Å². The van der Waals surface area contributed by atoms with E-state index in [4.69, 9.17) is 10.8 Å². The molecule has 1 aliphatic carbocycles. The second-order valence-electron chi connectivity index (χ2n) is 5.51. The Kier molecular flexibility index (Phi) is 4.51. The number of carboxylic acids is 1. The fourth-order valence-electron chi connectivity index (χ4n) is 2.26.